The summed E-state index contributed by atoms with van der Waals surface area (Å²) in [5.41, 5.74) is 0. The van der Waals surface area contributed by atoms with E-state index < -0.39 is 0 Å². The summed E-state index contributed by atoms with van der Waals surface area (Å²) < 4.78 is 5.19. The first-order chi connectivity index (χ1) is 7.61. The third kappa shape index (κ3) is 5.47. The second kappa shape index (κ2) is 8.53. The second-order valence-corrected chi connectivity index (χ2v) is 4.00. The van der Waals surface area contributed by atoms with Crippen molar-refractivity contribution in [1.82, 2.24) is 9.80 Å². The van der Waals surface area contributed by atoms with Crippen LogP contribution in [-0.4, -0.2) is 61.6 Å². The van der Waals surface area contributed by atoms with Crippen LogP contribution in [0.15, 0.2) is 0 Å². The predicted molar refractivity (Wildman–Crippen MR) is 66.5 cm³/mol. The van der Waals surface area contributed by atoms with Gasteiger partial charge >= 0.3 is 0 Å². The molecule has 0 radical (unpaired) electrons. The fourth-order valence-electron chi connectivity index (χ4n) is 1.31. The van der Waals surface area contributed by atoms with E-state index in [4.69, 9.17) is 4.74 Å². The number of carbonyl (C=O) groups is 1. The van der Waals surface area contributed by atoms with Crippen LogP contribution in [-0.2, 0) is 9.53 Å². The maximum absolute atomic E-state index is 11.7. The van der Waals surface area contributed by atoms with Crippen LogP contribution in [0, 0.1) is 0 Å². The van der Waals surface area contributed by atoms with Crippen LogP contribution in [0.5, 0.6) is 0 Å². The summed E-state index contributed by atoms with van der Waals surface area (Å²) in [5, 5.41) is 0. The second-order valence-electron chi connectivity index (χ2n) is 4.00. The van der Waals surface area contributed by atoms with Crippen LogP contribution in [0.2, 0.25) is 0 Å². The molecule has 0 unspecified atom stereocenters. The van der Waals surface area contributed by atoms with Gasteiger partial charge in [0.15, 0.2) is 0 Å². The molecule has 0 aliphatic carbocycles. The van der Waals surface area contributed by atoms with Crippen molar-refractivity contribution < 1.29 is 9.53 Å². The Kier molecular flexibility index (Phi) is 8.21. The minimum absolute atomic E-state index is 0.213. The molecule has 1 rings (SSSR count). The molecule has 0 aromatic rings. The molecule has 1 amide bonds. The van der Waals surface area contributed by atoms with Crippen LogP contribution in [0.4, 0.5) is 0 Å². The Morgan fingerprint density at radius 1 is 1.31 bits per heavy atom. The highest BCUT2D eigenvalue weighted by Gasteiger charge is 2.18. The largest absolute Gasteiger partial charge is 0.378 e. The first-order valence-electron chi connectivity index (χ1n) is 6.17. The molecule has 0 bridgehead atoms. The number of carbonyl (C=O) groups excluding carboxylic acids is 1. The molecule has 1 fully saturated rings. The van der Waals surface area contributed by atoms with Gasteiger partial charge in [-0.1, -0.05) is 13.8 Å². The molecule has 0 saturated carbocycles. The standard InChI is InChI=1S/C10H20N2O2.C2H6/c1-9(2)11(3)8-10(13)12-4-6-14-7-5-12;1-2/h9H,4-8H2,1-3H3;1-2H3. The van der Waals surface area contributed by atoms with Gasteiger partial charge in [0.25, 0.3) is 0 Å². The van der Waals surface area contributed by atoms with Crippen molar-refractivity contribution in [2.24, 2.45) is 0 Å². The smallest absolute Gasteiger partial charge is 0.236 e. The molecule has 0 aromatic heterocycles. The van der Waals surface area contributed by atoms with Gasteiger partial charge in [-0.15, -0.1) is 0 Å². The molecule has 1 aliphatic rings. The third-order valence-corrected chi connectivity index (χ3v) is 2.63. The lowest BCUT2D eigenvalue weighted by Crippen LogP contribution is -2.46. The van der Waals surface area contributed by atoms with E-state index in [0.29, 0.717) is 25.8 Å². The Morgan fingerprint density at radius 2 is 1.81 bits per heavy atom. The van der Waals surface area contributed by atoms with Crippen LogP contribution >= 0.6 is 0 Å². The van der Waals surface area contributed by atoms with Gasteiger partial charge in [0.1, 0.15) is 0 Å². The molecule has 0 N–H and O–H groups in total. The lowest BCUT2D eigenvalue weighted by atomic mass is 10.3. The average molecular weight is 230 g/mol. The Balaban J connectivity index is 0.00000106. The molecular formula is C12H26N2O2. The summed E-state index contributed by atoms with van der Waals surface area (Å²) in [5.74, 6) is 0.213. The van der Waals surface area contributed by atoms with E-state index in [1.807, 2.05) is 25.8 Å². The van der Waals surface area contributed by atoms with E-state index in [1.165, 1.54) is 0 Å². The highest BCUT2D eigenvalue weighted by molar-refractivity contribution is 5.78. The number of amides is 1. The Morgan fingerprint density at radius 3 is 2.25 bits per heavy atom. The molecule has 4 heteroatoms. The number of ether oxygens (including phenoxy) is 1. The molecule has 0 atom stereocenters. The molecule has 96 valence electrons. The topological polar surface area (TPSA) is 32.8 Å². The molecule has 16 heavy (non-hydrogen) atoms. The van der Waals surface area contributed by atoms with Gasteiger partial charge < -0.3 is 9.64 Å². The summed E-state index contributed by atoms with van der Waals surface area (Å²) in [6.07, 6.45) is 0. The Bertz CT molecular complexity index is 189. The van der Waals surface area contributed by atoms with Crippen molar-refractivity contribution in [1.29, 1.82) is 0 Å². The molecule has 4 nitrogen and oxygen atoms in total. The molecule has 1 heterocycles. The van der Waals surface area contributed by atoms with E-state index in [-0.39, 0.29) is 5.91 Å². The fraction of sp³-hybridized carbons (Fsp3) is 0.917. The maximum atomic E-state index is 11.7. The van der Waals surface area contributed by atoms with Crippen LogP contribution in [0.3, 0.4) is 0 Å². The lowest BCUT2D eigenvalue weighted by molar-refractivity contribution is -0.136. The number of hydrogen-bond acceptors (Lipinski definition) is 3. The fourth-order valence-corrected chi connectivity index (χ4v) is 1.31. The highest BCUT2D eigenvalue weighted by Crippen LogP contribution is 2.00. The van der Waals surface area contributed by atoms with E-state index >= 15 is 0 Å². The number of morpholine rings is 1. The maximum Gasteiger partial charge on any atom is 0.236 e. The highest BCUT2D eigenvalue weighted by atomic mass is 16.5. The van der Waals surface area contributed by atoms with Gasteiger partial charge in [0, 0.05) is 19.1 Å². The van der Waals surface area contributed by atoms with Gasteiger partial charge in [-0.05, 0) is 20.9 Å². The minimum Gasteiger partial charge on any atom is -0.378 e. The number of hydrogen-bond donors (Lipinski definition) is 0. The van der Waals surface area contributed by atoms with E-state index in [2.05, 4.69) is 18.7 Å². The van der Waals surface area contributed by atoms with Crippen LogP contribution < -0.4 is 0 Å². The van der Waals surface area contributed by atoms with Crippen molar-refractivity contribution in [3.8, 4) is 0 Å². The SMILES string of the molecule is CC.CC(C)N(C)CC(=O)N1CCOCC1. The molecule has 0 spiro atoms. The quantitative estimate of drug-likeness (QED) is 0.730. The van der Waals surface area contributed by atoms with Crippen LogP contribution in [0.1, 0.15) is 27.7 Å². The molecule has 1 aliphatic heterocycles. The zero-order chi connectivity index (χ0) is 12.6. The predicted octanol–water partition coefficient (Wildman–Crippen LogP) is 1.21. The Labute approximate surface area is 99.5 Å². The molecular weight excluding hydrogens is 204 g/mol. The summed E-state index contributed by atoms with van der Waals surface area (Å²) >= 11 is 0. The van der Waals surface area contributed by atoms with Gasteiger partial charge in [-0.25, -0.2) is 0 Å². The van der Waals surface area contributed by atoms with Crippen molar-refractivity contribution >= 4 is 5.91 Å². The molecule has 0 aromatic carbocycles. The third-order valence-electron chi connectivity index (χ3n) is 2.63. The Hall–Kier alpha value is -0.610. The van der Waals surface area contributed by atoms with E-state index in [0.717, 1.165) is 13.1 Å². The van der Waals surface area contributed by atoms with Crippen LogP contribution in [0.25, 0.3) is 0 Å². The first kappa shape index (κ1) is 15.4. The zero-order valence-electron chi connectivity index (χ0n) is 11.3. The minimum atomic E-state index is 0.213. The van der Waals surface area contributed by atoms with Gasteiger partial charge in [0.2, 0.25) is 5.91 Å². The van der Waals surface area contributed by atoms with Crippen molar-refractivity contribution in [2.75, 3.05) is 39.9 Å². The summed E-state index contributed by atoms with van der Waals surface area (Å²) in [6, 6.07) is 0.417. The van der Waals surface area contributed by atoms with Crippen molar-refractivity contribution in [2.45, 2.75) is 33.7 Å². The van der Waals surface area contributed by atoms with E-state index in [1.54, 1.807) is 0 Å². The van der Waals surface area contributed by atoms with E-state index in [9.17, 15) is 4.79 Å². The summed E-state index contributed by atoms with van der Waals surface area (Å²) in [4.78, 5) is 15.7. The zero-order valence-corrected chi connectivity index (χ0v) is 11.3. The van der Waals surface area contributed by atoms with Gasteiger partial charge in [-0.2, -0.15) is 0 Å². The van der Waals surface area contributed by atoms with Crippen molar-refractivity contribution in [3.05, 3.63) is 0 Å². The monoisotopic (exact) mass is 230 g/mol. The molecule has 1 saturated heterocycles. The summed E-state index contributed by atoms with van der Waals surface area (Å²) in [7, 11) is 1.98. The first-order valence-corrected chi connectivity index (χ1v) is 6.17. The number of likely N-dealkylation sites (N-methyl/N-ethyl adjacent to an activating group) is 1. The normalized spacial score (nSPS) is 16.1. The summed E-state index contributed by atoms with van der Waals surface area (Å²) in [6.45, 7) is 11.5. The average Bonchev–Trinajstić information content (AvgIpc) is 2.32. The van der Waals surface area contributed by atoms with Gasteiger partial charge in [0.05, 0.1) is 19.8 Å². The number of rotatable bonds is 3. The van der Waals surface area contributed by atoms with Gasteiger partial charge in [-0.3, -0.25) is 9.69 Å². The lowest BCUT2D eigenvalue weighted by Gasteiger charge is -2.29. The van der Waals surface area contributed by atoms with Crippen molar-refractivity contribution in [3.63, 3.8) is 0 Å². The number of nitrogens with zero attached hydrogens (tertiary/aromatic N) is 2.